The van der Waals surface area contributed by atoms with E-state index in [1.54, 1.807) is 12.4 Å². The Balaban J connectivity index is 2.16. The highest BCUT2D eigenvalue weighted by Crippen LogP contribution is 2.37. The van der Waals surface area contributed by atoms with Gasteiger partial charge in [-0.15, -0.1) is 10.2 Å². The molecule has 0 unspecified atom stereocenters. The Labute approximate surface area is 125 Å². The molecule has 0 radical (unpaired) electrons. The van der Waals surface area contributed by atoms with Gasteiger partial charge in [0, 0.05) is 17.8 Å². The van der Waals surface area contributed by atoms with E-state index in [0.717, 1.165) is 22.0 Å². The SMILES string of the molecule is NC(=S)N=Nc1c(O)[nH]c2ccc(-c3ccncc3)cc12. The molecule has 3 rings (SSSR count). The first-order valence-corrected chi connectivity index (χ1v) is 6.52. The minimum atomic E-state index is -0.0889. The number of hydrogen-bond donors (Lipinski definition) is 3. The van der Waals surface area contributed by atoms with Crippen LogP contribution >= 0.6 is 12.2 Å². The fraction of sp³-hybridized carbons (Fsp3) is 0. The zero-order chi connectivity index (χ0) is 14.8. The van der Waals surface area contributed by atoms with Crippen LogP contribution in [0.4, 0.5) is 5.69 Å². The summed E-state index contributed by atoms with van der Waals surface area (Å²) in [6, 6.07) is 9.54. The van der Waals surface area contributed by atoms with E-state index in [9.17, 15) is 5.11 Å². The first kappa shape index (κ1) is 13.2. The van der Waals surface area contributed by atoms with Gasteiger partial charge in [0.1, 0.15) is 0 Å². The van der Waals surface area contributed by atoms with Gasteiger partial charge < -0.3 is 15.8 Å². The monoisotopic (exact) mass is 297 g/mol. The van der Waals surface area contributed by atoms with Crippen molar-refractivity contribution < 1.29 is 5.11 Å². The average Bonchev–Trinajstić information content (AvgIpc) is 2.80. The third kappa shape index (κ3) is 2.59. The third-order valence-corrected chi connectivity index (χ3v) is 3.10. The molecule has 21 heavy (non-hydrogen) atoms. The molecule has 4 N–H and O–H groups in total. The minimum Gasteiger partial charge on any atom is -0.493 e. The number of nitrogens with two attached hydrogens (primary N) is 1. The predicted octanol–water partition coefficient (Wildman–Crippen LogP) is 3.26. The number of H-pyrrole nitrogens is 1. The van der Waals surface area contributed by atoms with E-state index in [-0.39, 0.29) is 11.0 Å². The summed E-state index contributed by atoms with van der Waals surface area (Å²) in [7, 11) is 0. The molecular formula is C14H11N5OS. The number of aromatic nitrogens is 2. The summed E-state index contributed by atoms with van der Waals surface area (Å²) in [6.07, 6.45) is 3.45. The van der Waals surface area contributed by atoms with Crippen molar-refractivity contribution in [3.63, 3.8) is 0 Å². The molecule has 7 heteroatoms. The molecule has 0 fully saturated rings. The van der Waals surface area contributed by atoms with E-state index in [4.69, 9.17) is 5.73 Å². The largest absolute Gasteiger partial charge is 0.493 e. The lowest BCUT2D eigenvalue weighted by molar-refractivity contribution is 0.459. The summed E-state index contributed by atoms with van der Waals surface area (Å²) in [6.45, 7) is 0. The van der Waals surface area contributed by atoms with Gasteiger partial charge >= 0.3 is 0 Å². The van der Waals surface area contributed by atoms with Gasteiger partial charge in [0.05, 0.1) is 5.52 Å². The number of aromatic amines is 1. The summed E-state index contributed by atoms with van der Waals surface area (Å²) in [4.78, 5) is 6.83. The molecule has 2 aromatic heterocycles. The molecule has 1 aromatic carbocycles. The van der Waals surface area contributed by atoms with Crippen molar-refractivity contribution in [1.29, 1.82) is 0 Å². The van der Waals surface area contributed by atoms with Crippen molar-refractivity contribution in [2.75, 3.05) is 0 Å². The number of rotatable bonds is 2. The van der Waals surface area contributed by atoms with Gasteiger partial charge in [-0.1, -0.05) is 6.07 Å². The van der Waals surface area contributed by atoms with Gasteiger partial charge in [-0.25, -0.2) is 0 Å². The number of pyridine rings is 1. The maximum absolute atomic E-state index is 9.91. The van der Waals surface area contributed by atoms with Crippen LogP contribution in [0.5, 0.6) is 5.88 Å². The standard InChI is InChI=1S/C14H11N5OS/c15-14(21)19-18-12-10-7-9(8-3-5-16-6-4-8)1-2-11(10)17-13(12)20/h1-7,17,20H,(H2,15,21). The van der Waals surface area contributed by atoms with Crippen molar-refractivity contribution in [2.24, 2.45) is 16.0 Å². The molecule has 3 aromatic rings. The highest BCUT2D eigenvalue weighted by molar-refractivity contribution is 7.80. The number of nitrogens with zero attached hydrogens (tertiary/aromatic N) is 3. The Morgan fingerprint density at radius 1 is 1.19 bits per heavy atom. The summed E-state index contributed by atoms with van der Waals surface area (Å²) >= 11 is 4.66. The minimum absolute atomic E-state index is 0.0723. The van der Waals surface area contributed by atoms with Crippen LogP contribution in [0.15, 0.2) is 53.0 Å². The van der Waals surface area contributed by atoms with Crippen LogP contribution in [0, 0.1) is 0 Å². The molecule has 2 heterocycles. The van der Waals surface area contributed by atoms with E-state index >= 15 is 0 Å². The molecule has 0 aliphatic rings. The summed E-state index contributed by atoms with van der Waals surface area (Å²) in [5.41, 5.74) is 8.36. The number of aromatic hydroxyl groups is 1. The summed E-state index contributed by atoms with van der Waals surface area (Å²) < 4.78 is 0. The summed E-state index contributed by atoms with van der Waals surface area (Å²) in [5.74, 6) is -0.0723. The molecule has 0 saturated heterocycles. The lowest BCUT2D eigenvalue weighted by Gasteiger charge is -2.01. The number of benzene rings is 1. The fourth-order valence-electron chi connectivity index (χ4n) is 2.09. The topological polar surface area (TPSA) is 99.6 Å². The predicted molar refractivity (Wildman–Crippen MR) is 84.5 cm³/mol. The molecule has 0 atom stereocenters. The molecule has 0 aliphatic heterocycles. The maximum atomic E-state index is 9.91. The van der Waals surface area contributed by atoms with Crippen molar-refractivity contribution in [3.05, 3.63) is 42.7 Å². The molecule has 0 saturated carbocycles. The second-order valence-electron chi connectivity index (χ2n) is 4.36. The number of thiocarbonyl (C=S) groups is 1. The quantitative estimate of drug-likeness (QED) is 0.499. The van der Waals surface area contributed by atoms with Crippen molar-refractivity contribution >= 4 is 33.9 Å². The van der Waals surface area contributed by atoms with E-state index < -0.39 is 0 Å². The van der Waals surface area contributed by atoms with Gasteiger partial charge in [-0.05, 0) is 47.6 Å². The van der Waals surface area contributed by atoms with E-state index in [0.29, 0.717) is 5.69 Å². The smallest absolute Gasteiger partial charge is 0.218 e. The number of azo groups is 1. The molecule has 0 spiro atoms. The molecular weight excluding hydrogens is 286 g/mol. The Kier molecular flexibility index (Phi) is 3.33. The zero-order valence-corrected chi connectivity index (χ0v) is 11.6. The van der Waals surface area contributed by atoms with Crippen LogP contribution in [-0.4, -0.2) is 20.2 Å². The molecule has 0 amide bonds. The van der Waals surface area contributed by atoms with E-state index in [1.165, 1.54) is 0 Å². The number of nitrogens with one attached hydrogen (secondary N) is 1. The van der Waals surface area contributed by atoms with Gasteiger partial charge in [-0.3, -0.25) is 4.98 Å². The third-order valence-electron chi connectivity index (χ3n) is 3.01. The van der Waals surface area contributed by atoms with Crippen LogP contribution in [0.1, 0.15) is 0 Å². The average molecular weight is 297 g/mol. The van der Waals surface area contributed by atoms with Gasteiger partial charge in [0.2, 0.25) is 11.0 Å². The van der Waals surface area contributed by atoms with Crippen molar-refractivity contribution in [3.8, 4) is 17.0 Å². The first-order valence-electron chi connectivity index (χ1n) is 6.11. The van der Waals surface area contributed by atoms with Crippen LogP contribution in [0.2, 0.25) is 0 Å². The van der Waals surface area contributed by atoms with Crippen LogP contribution in [0.3, 0.4) is 0 Å². The second-order valence-corrected chi connectivity index (χ2v) is 4.77. The Morgan fingerprint density at radius 2 is 1.95 bits per heavy atom. The van der Waals surface area contributed by atoms with Gasteiger partial charge in [0.25, 0.3) is 0 Å². The number of fused-ring (bicyclic) bond motifs is 1. The Hall–Kier alpha value is -2.80. The van der Waals surface area contributed by atoms with Crippen LogP contribution in [-0.2, 0) is 0 Å². The maximum Gasteiger partial charge on any atom is 0.218 e. The zero-order valence-electron chi connectivity index (χ0n) is 10.8. The molecule has 6 nitrogen and oxygen atoms in total. The van der Waals surface area contributed by atoms with E-state index in [1.807, 2.05) is 30.3 Å². The lowest BCUT2D eigenvalue weighted by Crippen LogP contribution is -2.01. The molecule has 104 valence electrons. The van der Waals surface area contributed by atoms with Crippen LogP contribution in [0.25, 0.3) is 22.0 Å². The molecule has 0 bridgehead atoms. The van der Waals surface area contributed by atoms with Gasteiger partial charge in [0.15, 0.2) is 5.69 Å². The number of hydrogen-bond acceptors (Lipinski definition) is 4. The second kappa shape index (κ2) is 5.29. The van der Waals surface area contributed by atoms with Crippen molar-refractivity contribution in [2.45, 2.75) is 0 Å². The van der Waals surface area contributed by atoms with E-state index in [2.05, 4.69) is 32.4 Å². The molecule has 0 aliphatic carbocycles. The Morgan fingerprint density at radius 3 is 2.67 bits per heavy atom. The van der Waals surface area contributed by atoms with Crippen molar-refractivity contribution in [1.82, 2.24) is 9.97 Å². The normalized spacial score (nSPS) is 11.2. The highest BCUT2D eigenvalue weighted by atomic mass is 32.1. The summed E-state index contributed by atoms with van der Waals surface area (Å²) in [5, 5.41) is 18.1. The van der Waals surface area contributed by atoms with Crippen LogP contribution < -0.4 is 5.73 Å². The fourth-order valence-corrected chi connectivity index (χ4v) is 2.13. The first-order chi connectivity index (χ1) is 10.1. The van der Waals surface area contributed by atoms with Gasteiger partial charge in [-0.2, -0.15) is 0 Å². The lowest BCUT2D eigenvalue weighted by atomic mass is 10.1. The highest BCUT2D eigenvalue weighted by Gasteiger charge is 2.11. The Bertz CT molecular complexity index is 841.